The molecule has 5 heteroatoms. The van der Waals surface area contributed by atoms with Crippen LogP contribution in [0, 0.1) is 0 Å². The number of anilines is 1. The van der Waals surface area contributed by atoms with Crippen LogP contribution in [0.2, 0.25) is 0 Å². The van der Waals surface area contributed by atoms with Crippen LogP contribution in [0.5, 0.6) is 0 Å². The van der Waals surface area contributed by atoms with Gasteiger partial charge < -0.3 is 5.73 Å². The van der Waals surface area contributed by atoms with Gasteiger partial charge in [0.25, 0.3) is 0 Å². The summed E-state index contributed by atoms with van der Waals surface area (Å²) in [5, 5.41) is 0. The fourth-order valence-electron chi connectivity index (χ4n) is 1.07. The quantitative estimate of drug-likeness (QED) is 0.616. The van der Waals surface area contributed by atoms with Crippen LogP contribution in [-0.2, 0) is 6.18 Å². The highest BCUT2D eigenvalue weighted by Gasteiger charge is 2.30. The second-order valence-corrected chi connectivity index (χ2v) is 3.21. The van der Waals surface area contributed by atoms with Gasteiger partial charge in [-0.15, -0.1) is 11.6 Å². The summed E-state index contributed by atoms with van der Waals surface area (Å²) in [6.07, 6.45) is -1.35. The van der Waals surface area contributed by atoms with Gasteiger partial charge in [0.15, 0.2) is 0 Å². The predicted molar refractivity (Wildman–Crippen MR) is 55.6 cm³/mol. The van der Waals surface area contributed by atoms with Crippen LogP contribution in [0.1, 0.15) is 11.1 Å². The monoisotopic (exact) mass is 235 g/mol. The fourth-order valence-corrected chi connectivity index (χ4v) is 1.16. The maximum Gasteiger partial charge on any atom is 0.416 e. The Labute approximate surface area is 90.3 Å². The molecule has 1 aromatic rings. The van der Waals surface area contributed by atoms with Crippen molar-refractivity contribution in [1.82, 2.24) is 0 Å². The third kappa shape index (κ3) is 3.16. The third-order valence-corrected chi connectivity index (χ3v) is 1.98. The van der Waals surface area contributed by atoms with Gasteiger partial charge in [-0.25, -0.2) is 0 Å². The van der Waals surface area contributed by atoms with Crippen molar-refractivity contribution in [2.75, 3.05) is 11.6 Å². The molecule has 0 unspecified atom stereocenters. The van der Waals surface area contributed by atoms with Crippen LogP contribution < -0.4 is 5.73 Å². The molecule has 0 aliphatic heterocycles. The van der Waals surface area contributed by atoms with E-state index >= 15 is 0 Å². The summed E-state index contributed by atoms with van der Waals surface area (Å²) in [4.78, 5) is 0. The van der Waals surface area contributed by atoms with E-state index in [-0.39, 0.29) is 5.88 Å². The average molecular weight is 236 g/mol. The van der Waals surface area contributed by atoms with Gasteiger partial charge in [-0.1, -0.05) is 12.2 Å². The lowest BCUT2D eigenvalue weighted by Gasteiger charge is -2.08. The number of benzene rings is 1. The minimum atomic E-state index is -4.35. The van der Waals surface area contributed by atoms with Crippen LogP contribution in [0.4, 0.5) is 18.9 Å². The maximum atomic E-state index is 12.3. The Bertz CT molecular complexity index is 371. The lowest BCUT2D eigenvalue weighted by molar-refractivity contribution is -0.137. The molecular weight excluding hydrogens is 227 g/mol. The maximum absolute atomic E-state index is 12.3. The summed E-state index contributed by atoms with van der Waals surface area (Å²) in [6, 6.07) is 3.18. The molecule has 0 saturated carbocycles. The lowest BCUT2D eigenvalue weighted by Crippen LogP contribution is -2.05. The van der Waals surface area contributed by atoms with E-state index in [1.54, 1.807) is 0 Å². The summed E-state index contributed by atoms with van der Waals surface area (Å²) in [6.45, 7) is 0. The Morgan fingerprint density at radius 3 is 2.53 bits per heavy atom. The van der Waals surface area contributed by atoms with E-state index in [2.05, 4.69) is 0 Å². The number of hydrogen-bond acceptors (Lipinski definition) is 1. The van der Waals surface area contributed by atoms with Crippen LogP contribution in [0.25, 0.3) is 6.08 Å². The summed E-state index contributed by atoms with van der Waals surface area (Å²) in [7, 11) is 0. The Kier molecular flexibility index (Phi) is 3.63. The summed E-state index contributed by atoms with van der Waals surface area (Å²) in [5.74, 6) is 0.232. The smallest absolute Gasteiger partial charge is 0.398 e. The second kappa shape index (κ2) is 4.57. The Morgan fingerprint density at radius 1 is 1.33 bits per heavy atom. The summed E-state index contributed by atoms with van der Waals surface area (Å²) in [5.41, 5.74) is 5.42. The van der Waals surface area contributed by atoms with Gasteiger partial charge in [-0.3, -0.25) is 0 Å². The fraction of sp³-hybridized carbons (Fsp3) is 0.200. The van der Waals surface area contributed by atoms with E-state index < -0.39 is 11.7 Å². The third-order valence-electron chi connectivity index (χ3n) is 1.80. The van der Waals surface area contributed by atoms with E-state index in [0.29, 0.717) is 11.3 Å². The molecule has 1 aromatic carbocycles. The molecular formula is C10H9ClF3N. The van der Waals surface area contributed by atoms with Crippen molar-refractivity contribution in [1.29, 1.82) is 0 Å². The number of nitrogen functional groups attached to an aromatic ring is 1. The molecule has 0 saturated heterocycles. The minimum absolute atomic E-state index is 0.232. The highest BCUT2D eigenvalue weighted by molar-refractivity contribution is 6.19. The van der Waals surface area contributed by atoms with E-state index in [1.807, 2.05) is 0 Å². The molecule has 0 bridgehead atoms. The first-order valence-corrected chi connectivity index (χ1v) is 4.68. The van der Waals surface area contributed by atoms with Gasteiger partial charge in [-0.2, -0.15) is 13.2 Å². The molecule has 0 atom stereocenters. The number of allylic oxidation sites excluding steroid dienone is 1. The molecule has 2 N–H and O–H groups in total. The summed E-state index contributed by atoms with van der Waals surface area (Å²) >= 11 is 5.38. The Morgan fingerprint density at radius 2 is 2.00 bits per heavy atom. The van der Waals surface area contributed by atoms with Crippen molar-refractivity contribution in [2.45, 2.75) is 6.18 Å². The van der Waals surface area contributed by atoms with Gasteiger partial charge in [0, 0.05) is 11.6 Å². The standard InChI is InChI=1S/C10H9ClF3N/c11-5-1-2-7-6-8(10(12,13)14)3-4-9(7)15/h1-4,6H,5,15H2. The SMILES string of the molecule is Nc1ccc(C(F)(F)F)cc1C=CCCl. The first-order chi connectivity index (χ1) is 6.95. The predicted octanol–water partition coefficient (Wildman–Crippen LogP) is 3.54. The normalized spacial score (nSPS) is 12.3. The Hall–Kier alpha value is -1.16. The van der Waals surface area contributed by atoms with Crippen LogP contribution >= 0.6 is 11.6 Å². The molecule has 0 aromatic heterocycles. The van der Waals surface area contributed by atoms with E-state index in [0.717, 1.165) is 12.1 Å². The summed E-state index contributed by atoms with van der Waals surface area (Å²) < 4.78 is 37.0. The van der Waals surface area contributed by atoms with E-state index in [4.69, 9.17) is 17.3 Å². The largest absolute Gasteiger partial charge is 0.416 e. The molecule has 0 spiro atoms. The molecule has 1 nitrogen and oxygen atoms in total. The molecule has 15 heavy (non-hydrogen) atoms. The van der Waals surface area contributed by atoms with Gasteiger partial charge in [0.05, 0.1) is 5.56 Å². The zero-order valence-electron chi connectivity index (χ0n) is 7.68. The molecule has 0 aliphatic rings. The van der Waals surface area contributed by atoms with Gasteiger partial charge in [0.2, 0.25) is 0 Å². The molecule has 0 heterocycles. The van der Waals surface area contributed by atoms with Crippen molar-refractivity contribution in [3.05, 3.63) is 35.4 Å². The van der Waals surface area contributed by atoms with Crippen molar-refractivity contribution >= 4 is 23.4 Å². The topological polar surface area (TPSA) is 26.0 Å². The van der Waals surface area contributed by atoms with Crippen molar-refractivity contribution in [3.8, 4) is 0 Å². The van der Waals surface area contributed by atoms with Gasteiger partial charge in [-0.05, 0) is 23.8 Å². The second-order valence-electron chi connectivity index (χ2n) is 2.90. The van der Waals surface area contributed by atoms with Crippen LogP contribution in [-0.4, -0.2) is 5.88 Å². The molecule has 0 fully saturated rings. The highest BCUT2D eigenvalue weighted by atomic mass is 35.5. The number of halogens is 4. The molecule has 0 amide bonds. The molecule has 0 aliphatic carbocycles. The van der Waals surface area contributed by atoms with Crippen molar-refractivity contribution < 1.29 is 13.2 Å². The number of nitrogens with two attached hydrogens (primary N) is 1. The van der Waals surface area contributed by atoms with E-state index in [9.17, 15) is 13.2 Å². The van der Waals surface area contributed by atoms with Gasteiger partial charge >= 0.3 is 6.18 Å². The van der Waals surface area contributed by atoms with Crippen molar-refractivity contribution in [3.63, 3.8) is 0 Å². The molecule has 0 radical (unpaired) electrons. The average Bonchev–Trinajstić information content (AvgIpc) is 2.15. The lowest BCUT2D eigenvalue weighted by atomic mass is 10.1. The highest BCUT2D eigenvalue weighted by Crippen LogP contribution is 2.31. The number of alkyl halides is 4. The van der Waals surface area contributed by atoms with Crippen molar-refractivity contribution in [2.24, 2.45) is 0 Å². The van der Waals surface area contributed by atoms with Crippen LogP contribution in [0.15, 0.2) is 24.3 Å². The Balaban J connectivity index is 3.11. The first kappa shape index (κ1) is 11.9. The van der Waals surface area contributed by atoms with Crippen LogP contribution in [0.3, 0.4) is 0 Å². The minimum Gasteiger partial charge on any atom is -0.398 e. The zero-order chi connectivity index (χ0) is 11.5. The van der Waals surface area contributed by atoms with E-state index in [1.165, 1.54) is 18.2 Å². The first-order valence-electron chi connectivity index (χ1n) is 4.14. The number of hydrogen-bond donors (Lipinski definition) is 1. The molecule has 1 rings (SSSR count). The zero-order valence-corrected chi connectivity index (χ0v) is 8.44. The number of rotatable bonds is 2. The van der Waals surface area contributed by atoms with Gasteiger partial charge in [0.1, 0.15) is 0 Å². The molecule has 82 valence electrons.